The van der Waals surface area contributed by atoms with E-state index in [0.29, 0.717) is 17.3 Å². The highest BCUT2D eigenvalue weighted by atomic mass is 15.3. The van der Waals surface area contributed by atoms with Crippen molar-refractivity contribution in [2.75, 3.05) is 43.4 Å². The minimum atomic E-state index is -0.0474. The van der Waals surface area contributed by atoms with Gasteiger partial charge in [0.1, 0.15) is 0 Å². The van der Waals surface area contributed by atoms with E-state index in [9.17, 15) is 0 Å². The van der Waals surface area contributed by atoms with Crippen LogP contribution < -0.4 is 10.2 Å². The number of aliphatic imine (C=N–C) groups is 1. The zero-order chi connectivity index (χ0) is 23.3. The van der Waals surface area contributed by atoms with E-state index >= 15 is 0 Å². The average molecular weight is 439 g/mol. The molecule has 6 nitrogen and oxygen atoms in total. The van der Waals surface area contributed by atoms with Crippen molar-refractivity contribution in [3.8, 4) is 0 Å². The third kappa shape index (κ3) is 4.02. The summed E-state index contributed by atoms with van der Waals surface area (Å²) in [6.07, 6.45) is 4.36. The molecular weight excluding hydrogens is 396 g/mol. The molecule has 6 heteroatoms. The Morgan fingerprint density at radius 2 is 1.81 bits per heavy atom. The van der Waals surface area contributed by atoms with Gasteiger partial charge in [0.2, 0.25) is 5.96 Å². The largest absolute Gasteiger partial charge is 0.370 e. The van der Waals surface area contributed by atoms with Crippen molar-refractivity contribution >= 4 is 23.7 Å². The Hall–Kier alpha value is -2.08. The van der Waals surface area contributed by atoms with E-state index in [2.05, 4.69) is 97.9 Å². The molecule has 0 bridgehead atoms. The van der Waals surface area contributed by atoms with Gasteiger partial charge < -0.3 is 20.0 Å². The molecule has 1 aromatic rings. The average Bonchev–Trinajstić information content (AvgIpc) is 2.65. The number of likely N-dealkylation sites (tertiary alicyclic amines) is 1. The fraction of sp³-hybridized carbons (Fsp3) is 0.692. The van der Waals surface area contributed by atoms with Gasteiger partial charge in [-0.3, -0.25) is 5.41 Å². The second-order valence-corrected chi connectivity index (χ2v) is 11.9. The quantitative estimate of drug-likeness (QED) is 0.515. The molecule has 3 fully saturated rings. The third-order valence-electron chi connectivity index (χ3n) is 8.06. The molecule has 2 aliphatic heterocycles. The molecule has 1 aromatic carbocycles. The SMILES string of the molecule is CC(C)C1(N(/C=N/C(=N)Nc2ccc(N3CC4(CN(C)C4)C3)cc2)C(C)(C)C)CC[C@H]1C. The summed E-state index contributed by atoms with van der Waals surface area (Å²) in [6, 6.07) is 8.42. The maximum atomic E-state index is 8.40. The molecule has 0 aromatic heterocycles. The van der Waals surface area contributed by atoms with Crippen LogP contribution in [0.15, 0.2) is 29.3 Å². The fourth-order valence-corrected chi connectivity index (χ4v) is 6.41. The number of nitrogens with one attached hydrogen (secondary N) is 2. The lowest BCUT2D eigenvalue weighted by Gasteiger charge is -2.61. The van der Waals surface area contributed by atoms with Crippen molar-refractivity contribution in [1.82, 2.24) is 9.80 Å². The molecule has 2 saturated heterocycles. The maximum Gasteiger partial charge on any atom is 0.221 e. The lowest BCUT2D eigenvalue weighted by atomic mass is 9.60. The first-order valence-electron chi connectivity index (χ1n) is 12.2. The summed E-state index contributed by atoms with van der Waals surface area (Å²) in [5.74, 6) is 1.34. The number of anilines is 2. The lowest BCUT2D eigenvalue weighted by molar-refractivity contribution is -0.0659. The summed E-state index contributed by atoms with van der Waals surface area (Å²) in [7, 11) is 2.20. The number of hydrogen-bond donors (Lipinski definition) is 2. The van der Waals surface area contributed by atoms with Crippen LogP contribution in [0.5, 0.6) is 0 Å². The molecule has 0 amide bonds. The van der Waals surface area contributed by atoms with Gasteiger partial charge in [-0.25, -0.2) is 4.99 Å². The van der Waals surface area contributed by atoms with Crippen LogP contribution in [-0.4, -0.2) is 66.4 Å². The lowest BCUT2D eigenvalue weighted by Crippen LogP contribution is -2.71. The predicted molar refractivity (Wildman–Crippen MR) is 136 cm³/mol. The zero-order valence-corrected chi connectivity index (χ0v) is 21.1. The van der Waals surface area contributed by atoms with Gasteiger partial charge in [-0.05, 0) is 76.8 Å². The number of guanidine groups is 1. The molecule has 2 N–H and O–H groups in total. The predicted octanol–water partition coefficient (Wildman–Crippen LogP) is 4.74. The van der Waals surface area contributed by atoms with E-state index in [1.807, 2.05) is 6.34 Å². The summed E-state index contributed by atoms with van der Waals surface area (Å²) < 4.78 is 0. The molecule has 1 spiro atoms. The summed E-state index contributed by atoms with van der Waals surface area (Å²) in [6.45, 7) is 18.5. The molecule has 176 valence electrons. The normalized spacial score (nSPS) is 27.2. The number of hydrogen-bond acceptors (Lipinski definition) is 3. The Kier molecular flexibility index (Phi) is 5.81. The first-order valence-corrected chi connectivity index (χ1v) is 12.2. The van der Waals surface area contributed by atoms with Crippen molar-refractivity contribution in [2.45, 2.75) is 65.5 Å². The number of rotatable bonds is 5. The van der Waals surface area contributed by atoms with Gasteiger partial charge in [0, 0.05) is 54.0 Å². The van der Waals surface area contributed by atoms with E-state index in [1.54, 1.807) is 0 Å². The Balaban J connectivity index is 1.37. The zero-order valence-electron chi connectivity index (χ0n) is 21.1. The van der Waals surface area contributed by atoms with Crippen LogP contribution in [0.4, 0.5) is 11.4 Å². The number of benzene rings is 1. The first-order chi connectivity index (χ1) is 14.9. The van der Waals surface area contributed by atoms with Gasteiger partial charge in [-0.1, -0.05) is 20.8 Å². The smallest absolute Gasteiger partial charge is 0.221 e. The molecule has 1 aliphatic carbocycles. The van der Waals surface area contributed by atoms with Gasteiger partial charge in [-0.2, -0.15) is 0 Å². The molecule has 0 radical (unpaired) electrons. The van der Waals surface area contributed by atoms with Gasteiger partial charge in [0.05, 0.1) is 6.34 Å². The molecule has 1 saturated carbocycles. The molecular formula is C26H42N6. The Labute approximate surface area is 194 Å². The van der Waals surface area contributed by atoms with Crippen molar-refractivity contribution in [3.05, 3.63) is 24.3 Å². The van der Waals surface area contributed by atoms with Crippen molar-refractivity contribution < 1.29 is 0 Å². The van der Waals surface area contributed by atoms with Crippen molar-refractivity contribution in [2.24, 2.45) is 22.2 Å². The summed E-state index contributed by atoms with van der Waals surface area (Å²) >= 11 is 0. The van der Waals surface area contributed by atoms with Crippen LogP contribution in [-0.2, 0) is 0 Å². The van der Waals surface area contributed by atoms with Crippen LogP contribution in [0.25, 0.3) is 0 Å². The van der Waals surface area contributed by atoms with E-state index in [4.69, 9.17) is 5.41 Å². The van der Waals surface area contributed by atoms with Crippen molar-refractivity contribution in [1.29, 1.82) is 5.41 Å². The molecule has 4 rings (SSSR count). The van der Waals surface area contributed by atoms with E-state index in [0.717, 1.165) is 18.8 Å². The van der Waals surface area contributed by atoms with E-state index in [-0.39, 0.29) is 17.0 Å². The van der Waals surface area contributed by atoms with Crippen LogP contribution in [0.3, 0.4) is 0 Å². The van der Waals surface area contributed by atoms with Crippen molar-refractivity contribution in [3.63, 3.8) is 0 Å². The molecule has 1 unspecified atom stereocenters. The molecule has 2 heterocycles. The second-order valence-electron chi connectivity index (χ2n) is 11.9. The summed E-state index contributed by atoms with van der Waals surface area (Å²) in [5.41, 5.74) is 2.78. The highest BCUT2D eigenvalue weighted by Gasteiger charge is 2.53. The van der Waals surface area contributed by atoms with Gasteiger partial charge in [0.25, 0.3) is 0 Å². The fourth-order valence-electron chi connectivity index (χ4n) is 6.41. The van der Waals surface area contributed by atoms with Crippen LogP contribution in [0.2, 0.25) is 0 Å². The van der Waals surface area contributed by atoms with Crippen LogP contribution in [0, 0.1) is 22.7 Å². The Morgan fingerprint density at radius 3 is 2.25 bits per heavy atom. The monoisotopic (exact) mass is 438 g/mol. The molecule has 2 atom stereocenters. The van der Waals surface area contributed by atoms with Crippen LogP contribution >= 0.6 is 0 Å². The summed E-state index contributed by atoms with van der Waals surface area (Å²) in [5, 5.41) is 11.6. The highest BCUT2D eigenvalue weighted by Crippen LogP contribution is 2.50. The first kappa shape index (κ1) is 23.1. The van der Waals surface area contributed by atoms with E-state index in [1.165, 1.54) is 31.6 Å². The minimum absolute atomic E-state index is 0.0474. The Bertz CT molecular complexity index is 847. The summed E-state index contributed by atoms with van der Waals surface area (Å²) in [4.78, 5) is 11.8. The van der Waals surface area contributed by atoms with Gasteiger partial charge in [-0.15, -0.1) is 0 Å². The Morgan fingerprint density at radius 1 is 1.19 bits per heavy atom. The molecule has 32 heavy (non-hydrogen) atoms. The molecule has 3 aliphatic rings. The third-order valence-corrected chi connectivity index (χ3v) is 8.06. The van der Waals surface area contributed by atoms with E-state index < -0.39 is 0 Å². The van der Waals surface area contributed by atoms with Gasteiger partial charge in [0.15, 0.2) is 0 Å². The number of nitrogens with zero attached hydrogens (tertiary/aromatic N) is 4. The maximum absolute atomic E-state index is 8.40. The minimum Gasteiger partial charge on any atom is -0.370 e. The van der Waals surface area contributed by atoms with Crippen LogP contribution in [0.1, 0.15) is 54.4 Å². The standard InChI is InChI=1S/C26H42N6/c1-19(2)26(13-12-20(26)3)32(24(4,5)6)18-28-23(27)29-21-8-10-22(11-9-21)31-16-25(17-31)14-30(7)15-25/h8-11,18-20H,12-17H2,1-7H3,(H2,27,29)/b28-18+/t20-,26?/m1/s1. The highest BCUT2D eigenvalue weighted by molar-refractivity contribution is 5.96. The topological polar surface area (TPSA) is 58.0 Å². The van der Waals surface area contributed by atoms with Gasteiger partial charge >= 0.3 is 0 Å². The second kappa shape index (κ2) is 8.05.